The molecule has 7 aromatic rings. The first kappa shape index (κ1) is 68.6. The van der Waals surface area contributed by atoms with Crippen molar-refractivity contribution in [3.8, 4) is 0 Å². The van der Waals surface area contributed by atoms with Gasteiger partial charge in [-0.3, -0.25) is 0 Å². The van der Waals surface area contributed by atoms with Gasteiger partial charge in [0.25, 0.3) is 0 Å². The molecular formula is C76H110. The van der Waals surface area contributed by atoms with E-state index in [1.165, 1.54) is 189 Å². The maximum absolute atomic E-state index is 2.26. The fourth-order valence-electron chi connectivity index (χ4n) is 9.69. The fraction of sp³-hybridized carbons (Fsp3) is 0.447. The first-order valence-electron chi connectivity index (χ1n) is 28.1. The van der Waals surface area contributed by atoms with E-state index in [4.69, 9.17) is 0 Å². The van der Waals surface area contributed by atoms with Gasteiger partial charge in [-0.25, -0.2) is 0 Å². The Morgan fingerprint density at radius 3 is 0.395 bits per heavy atom. The number of benzene rings is 7. The molecule has 0 nitrogen and oxygen atoms in total. The summed E-state index contributed by atoms with van der Waals surface area (Å²) in [5, 5.41) is 0. The van der Waals surface area contributed by atoms with Crippen LogP contribution in [0.5, 0.6) is 0 Å². The van der Waals surface area contributed by atoms with Crippen molar-refractivity contribution < 1.29 is 0 Å². The summed E-state index contributed by atoms with van der Waals surface area (Å²) in [5.41, 5.74) is 48.5. The van der Waals surface area contributed by atoms with Crippen molar-refractivity contribution in [3.63, 3.8) is 0 Å². The number of aryl methyl sites for hydroxylation is 13. The van der Waals surface area contributed by atoms with Crippen molar-refractivity contribution >= 4 is 0 Å². The van der Waals surface area contributed by atoms with Crippen LogP contribution in [0.15, 0.2) is 48.5 Å². The van der Waals surface area contributed by atoms with Crippen LogP contribution in [-0.2, 0) is 0 Å². The van der Waals surface area contributed by atoms with E-state index < -0.39 is 0 Å². The maximum Gasteiger partial charge on any atom is -0.0392 e. The van der Waals surface area contributed by atoms with Gasteiger partial charge < -0.3 is 0 Å². The monoisotopic (exact) mass is 1020 g/mol. The highest BCUT2D eigenvalue weighted by atomic mass is 14.1. The van der Waals surface area contributed by atoms with E-state index in [1.807, 2.05) is 0 Å². The average Bonchev–Trinajstić information content (AvgIpc) is 3.37. The van der Waals surface area contributed by atoms with Gasteiger partial charge in [0.05, 0.1) is 0 Å². The van der Waals surface area contributed by atoms with E-state index in [2.05, 4.69) is 284 Å². The molecule has 414 valence electrons. The lowest BCUT2D eigenvalue weighted by Crippen LogP contribution is -1.98. The molecule has 7 aromatic carbocycles. The SMILES string of the molecule is Cc1c(C)c(C)c(C)c(C)c1C.Cc1cc(C)c(C)c(C)c1.Cc1cc(C)c(C)c(C)c1C.Cc1cc(C)c(C)c(C)c1C.Cc1cc(C)c(C)c(C)c1C.Cc1cc(C)c(C)c(C)c1C.Cc1ccc(C)c(C)c1C. The lowest BCUT2D eigenvalue weighted by atomic mass is 9.90. The Labute approximate surface area is 470 Å². The molecule has 0 atom stereocenters. The standard InChI is InChI=1S/C12H18.4C11H16.2C10H14/c1-7-8(2)10(4)12(6)11(5)9(7)3;4*1-7-6-8(2)10(4)11(5)9(7)3;1-7-5-8(2)10(4)9(3)6-7;1-7-5-6-8(2)10(4)9(7)3/h1-6H3;4*6H,1-5H3;2*5-6H,1-4H3. The van der Waals surface area contributed by atoms with Gasteiger partial charge in [0.15, 0.2) is 0 Å². The Morgan fingerprint density at radius 2 is 0.237 bits per heavy atom. The second-order valence-corrected chi connectivity index (χ2v) is 23.3. The zero-order valence-electron chi connectivity index (χ0n) is 55.6. The van der Waals surface area contributed by atoms with Crippen molar-refractivity contribution in [1.82, 2.24) is 0 Å². The summed E-state index contributed by atoms with van der Waals surface area (Å²) in [5.74, 6) is 0. The van der Waals surface area contributed by atoms with Gasteiger partial charge in [-0.05, 0) is 419 Å². The van der Waals surface area contributed by atoms with E-state index >= 15 is 0 Å². The third-order valence-electron chi connectivity index (χ3n) is 18.7. The molecule has 0 aliphatic heterocycles. The highest BCUT2D eigenvalue weighted by Gasteiger charge is 2.09. The summed E-state index contributed by atoms with van der Waals surface area (Å²) in [6.07, 6.45) is 0. The molecule has 0 fully saturated rings. The zero-order chi connectivity index (χ0) is 59.3. The lowest BCUT2D eigenvalue weighted by Gasteiger charge is -2.15. The highest BCUT2D eigenvalue weighted by Crippen LogP contribution is 2.26. The largest absolute Gasteiger partial charge is 0.0588 e. The van der Waals surface area contributed by atoms with Crippen molar-refractivity contribution in [3.05, 3.63) is 238 Å². The first-order valence-corrected chi connectivity index (χ1v) is 28.1. The van der Waals surface area contributed by atoms with Crippen molar-refractivity contribution in [1.29, 1.82) is 0 Å². The lowest BCUT2D eigenvalue weighted by molar-refractivity contribution is 1.13. The Balaban J connectivity index is 0.000000444. The molecule has 0 spiro atoms. The van der Waals surface area contributed by atoms with Gasteiger partial charge >= 0.3 is 0 Å². The van der Waals surface area contributed by atoms with Gasteiger partial charge in [-0.15, -0.1) is 0 Å². The van der Waals surface area contributed by atoms with E-state index in [-0.39, 0.29) is 0 Å². The van der Waals surface area contributed by atoms with Crippen LogP contribution in [0, 0.1) is 235 Å². The first-order chi connectivity index (χ1) is 34.8. The minimum atomic E-state index is 1.36. The number of hydrogen-bond donors (Lipinski definition) is 0. The molecule has 0 unspecified atom stereocenters. The molecule has 0 saturated heterocycles. The molecule has 0 saturated carbocycles. The van der Waals surface area contributed by atoms with Crippen LogP contribution in [0.4, 0.5) is 0 Å². The molecule has 0 aromatic heterocycles. The zero-order valence-corrected chi connectivity index (χ0v) is 55.6. The Kier molecular flexibility index (Phi) is 27.0. The summed E-state index contributed by atoms with van der Waals surface area (Å²) < 4.78 is 0. The topological polar surface area (TPSA) is 0 Å². The molecule has 0 bridgehead atoms. The Hall–Kier alpha value is -5.46. The van der Waals surface area contributed by atoms with E-state index in [0.717, 1.165) is 0 Å². The summed E-state index contributed by atoms with van der Waals surface area (Å²) in [7, 11) is 0. The van der Waals surface area contributed by atoms with Crippen LogP contribution in [0.1, 0.15) is 189 Å². The second-order valence-electron chi connectivity index (χ2n) is 23.3. The summed E-state index contributed by atoms with van der Waals surface area (Å²) in [6, 6.07) is 17.9. The van der Waals surface area contributed by atoms with Crippen LogP contribution < -0.4 is 0 Å². The van der Waals surface area contributed by atoms with Gasteiger partial charge in [0.1, 0.15) is 0 Å². The van der Waals surface area contributed by atoms with Crippen LogP contribution in [0.3, 0.4) is 0 Å². The van der Waals surface area contributed by atoms with E-state index in [9.17, 15) is 0 Å². The van der Waals surface area contributed by atoms with Gasteiger partial charge in [-0.1, -0.05) is 54.1 Å². The van der Waals surface area contributed by atoms with Crippen LogP contribution >= 0.6 is 0 Å². The highest BCUT2D eigenvalue weighted by molar-refractivity contribution is 5.49. The summed E-state index contributed by atoms with van der Waals surface area (Å²) in [6.45, 7) is 74.3. The molecule has 0 amide bonds. The normalized spacial score (nSPS) is 10.2. The molecule has 0 aliphatic carbocycles. The minimum Gasteiger partial charge on any atom is -0.0588 e. The molecule has 0 N–H and O–H groups in total. The summed E-state index contributed by atoms with van der Waals surface area (Å²) in [4.78, 5) is 0. The minimum absolute atomic E-state index is 1.36. The van der Waals surface area contributed by atoms with E-state index in [1.54, 1.807) is 0 Å². The van der Waals surface area contributed by atoms with Gasteiger partial charge in [0, 0.05) is 0 Å². The van der Waals surface area contributed by atoms with Crippen LogP contribution in [-0.4, -0.2) is 0 Å². The van der Waals surface area contributed by atoms with Crippen molar-refractivity contribution in [2.24, 2.45) is 0 Å². The average molecular weight is 1020 g/mol. The van der Waals surface area contributed by atoms with Crippen LogP contribution in [0.25, 0.3) is 0 Å². The van der Waals surface area contributed by atoms with Crippen LogP contribution in [0.2, 0.25) is 0 Å². The smallest absolute Gasteiger partial charge is 0.0392 e. The molecule has 0 aliphatic rings. The molecule has 7 rings (SSSR count). The maximum atomic E-state index is 2.26. The fourth-order valence-corrected chi connectivity index (χ4v) is 9.69. The molecule has 0 radical (unpaired) electrons. The third-order valence-corrected chi connectivity index (χ3v) is 18.7. The molecule has 0 heterocycles. The Morgan fingerprint density at radius 1 is 0.118 bits per heavy atom. The van der Waals surface area contributed by atoms with Crippen molar-refractivity contribution in [2.75, 3.05) is 0 Å². The van der Waals surface area contributed by atoms with Crippen molar-refractivity contribution in [2.45, 2.75) is 235 Å². The second kappa shape index (κ2) is 29.9. The van der Waals surface area contributed by atoms with Gasteiger partial charge in [0.2, 0.25) is 0 Å². The molecule has 76 heavy (non-hydrogen) atoms. The predicted molar refractivity (Wildman–Crippen MR) is 346 cm³/mol. The molecule has 0 heteroatoms. The number of hydrogen-bond acceptors (Lipinski definition) is 0. The summed E-state index contributed by atoms with van der Waals surface area (Å²) >= 11 is 0. The third kappa shape index (κ3) is 18.1. The molecular weight excluding hydrogens is 913 g/mol. The predicted octanol–water partition coefficient (Wildman–Crippen LogP) is 22.3. The van der Waals surface area contributed by atoms with E-state index in [0.29, 0.717) is 0 Å². The number of rotatable bonds is 0. The quantitative estimate of drug-likeness (QED) is 0.142. The van der Waals surface area contributed by atoms with Gasteiger partial charge in [-0.2, -0.15) is 0 Å². The Bertz CT molecular complexity index is 2630.